The van der Waals surface area contributed by atoms with Crippen LogP contribution in [0.5, 0.6) is 5.75 Å². The van der Waals surface area contributed by atoms with Crippen LogP contribution in [0, 0.1) is 5.82 Å². The van der Waals surface area contributed by atoms with Crippen molar-refractivity contribution >= 4 is 23.2 Å². The van der Waals surface area contributed by atoms with E-state index in [2.05, 4.69) is 0 Å². The number of nitrogens with zero attached hydrogens (tertiary/aromatic N) is 1. The molecule has 0 spiro atoms. The zero-order valence-corrected chi connectivity index (χ0v) is 12.1. The number of hydrogen-bond donors (Lipinski definition) is 2. The molecule has 0 radical (unpaired) electrons. The van der Waals surface area contributed by atoms with Crippen molar-refractivity contribution in [1.29, 1.82) is 0 Å². The molecule has 0 unspecified atom stereocenters. The van der Waals surface area contributed by atoms with Crippen LogP contribution in [0.25, 0.3) is 0 Å². The molecule has 0 aliphatic rings. The van der Waals surface area contributed by atoms with Gasteiger partial charge in [-0.2, -0.15) is 0 Å². The minimum Gasteiger partial charge on any atom is -0.507 e. The van der Waals surface area contributed by atoms with Crippen molar-refractivity contribution in [3.63, 3.8) is 0 Å². The lowest BCUT2D eigenvalue weighted by molar-refractivity contribution is 0.0782. The number of aromatic hydroxyl groups is 1. The van der Waals surface area contributed by atoms with E-state index < -0.39 is 17.5 Å². The minimum atomic E-state index is -0.606. The third kappa shape index (κ3) is 3.44. The minimum absolute atomic E-state index is 0.0268. The maximum absolute atomic E-state index is 12.9. The van der Waals surface area contributed by atoms with Crippen LogP contribution in [0.15, 0.2) is 36.4 Å². The number of nitrogens with two attached hydrogens (primary N) is 1. The number of rotatable bonds is 3. The van der Waals surface area contributed by atoms with Gasteiger partial charge >= 0.3 is 0 Å². The number of nitrogen functional groups attached to an aromatic ring is 1. The molecule has 2 aromatic carbocycles. The number of carbonyl (C=O) groups excluding carboxylic acids is 1. The Morgan fingerprint density at radius 3 is 2.71 bits per heavy atom. The van der Waals surface area contributed by atoms with Crippen LogP contribution in [0.1, 0.15) is 15.9 Å². The highest BCUT2D eigenvalue weighted by Gasteiger charge is 2.17. The number of phenolic OH excluding ortho intramolecular Hbond substituents is 1. The third-order valence-electron chi connectivity index (χ3n) is 3.01. The highest BCUT2D eigenvalue weighted by atomic mass is 35.5. The van der Waals surface area contributed by atoms with Gasteiger partial charge in [0.1, 0.15) is 11.6 Å². The Balaban J connectivity index is 2.21. The SMILES string of the molecule is CN(Cc1cc(N)ccc1Cl)C(=O)c1ccc(F)cc1O. The summed E-state index contributed by atoms with van der Waals surface area (Å²) in [5.41, 5.74) is 6.94. The van der Waals surface area contributed by atoms with Gasteiger partial charge in [0, 0.05) is 30.4 Å². The zero-order chi connectivity index (χ0) is 15.6. The predicted molar refractivity (Wildman–Crippen MR) is 79.7 cm³/mol. The second-order valence-corrected chi connectivity index (χ2v) is 5.08. The van der Waals surface area contributed by atoms with Crippen molar-refractivity contribution in [1.82, 2.24) is 4.90 Å². The van der Waals surface area contributed by atoms with E-state index in [0.717, 1.165) is 12.1 Å². The molecule has 21 heavy (non-hydrogen) atoms. The summed E-state index contributed by atoms with van der Waals surface area (Å²) < 4.78 is 12.9. The van der Waals surface area contributed by atoms with E-state index in [9.17, 15) is 14.3 Å². The molecule has 6 heteroatoms. The largest absolute Gasteiger partial charge is 0.507 e. The molecule has 0 fully saturated rings. The number of benzene rings is 2. The number of carbonyl (C=O) groups is 1. The molecule has 0 bridgehead atoms. The van der Waals surface area contributed by atoms with Gasteiger partial charge in [-0.25, -0.2) is 4.39 Å². The van der Waals surface area contributed by atoms with Gasteiger partial charge in [-0.3, -0.25) is 4.79 Å². The first-order valence-electron chi connectivity index (χ1n) is 6.16. The average Bonchev–Trinajstić information content (AvgIpc) is 2.42. The molecule has 0 heterocycles. The molecular weight excluding hydrogens is 295 g/mol. The molecule has 110 valence electrons. The summed E-state index contributed by atoms with van der Waals surface area (Å²) in [6.07, 6.45) is 0. The van der Waals surface area contributed by atoms with E-state index in [4.69, 9.17) is 17.3 Å². The Morgan fingerprint density at radius 2 is 2.05 bits per heavy atom. The monoisotopic (exact) mass is 308 g/mol. The van der Waals surface area contributed by atoms with Gasteiger partial charge in [-0.1, -0.05) is 11.6 Å². The quantitative estimate of drug-likeness (QED) is 0.856. The normalized spacial score (nSPS) is 10.4. The van der Waals surface area contributed by atoms with E-state index in [-0.39, 0.29) is 12.1 Å². The van der Waals surface area contributed by atoms with Crippen molar-refractivity contribution in [2.75, 3.05) is 12.8 Å². The summed E-state index contributed by atoms with van der Waals surface area (Å²) in [5.74, 6) is -1.44. The summed E-state index contributed by atoms with van der Waals surface area (Å²) in [6, 6.07) is 8.25. The molecule has 1 amide bonds. The molecule has 0 saturated carbocycles. The van der Waals surface area contributed by atoms with Crippen LogP contribution in [-0.4, -0.2) is 23.0 Å². The Labute approximate surface area is 126 Å². The molecule has 0 aliphatic carbocycles. The summed E-state index contributed by atoms with van der Waals surface area (Å²) >= 11 is 6.05. The van der Waals surface area contributed by atoms with Crippen molar-refractivity contribution in [2.24, 2.45) is 0 Å². The molecule has 3 N–H and O–H groups in total. The number of amides is 1. The van der Waals surface area contributed by atoms with Crippen LogP contribution in [0.4, 0.5) is 10.1 Å². The Morgan fingerprint density at radius 1 is 1.33 bits per heavy atom. The lowest BCUT2D eigenvalue weighted by Gasteiger charge is -2.19. The van der Waals surface area contributed by atoms with Crippen LogP contribution in [0.2, 0.25) is 5.02 Å². The van der Waals surface area contributed by atoms with Crippen LogP contribution >= 0.6 is 11.6 Å². The average molecular weight is 309 g/mol. The molecule has 0 aliphatic heterocycles. The number of halogens is 2. The molecule has 0 saturated heterocycles. The van der Waals surface area contributed by atoms with Crippen LogP contribution < -0.4 is 5.73 Å². The smallest absolute Gasteiger partial charge is 0.257 e. The molecule has 2 aromatic rings. The van der Waals surface area contributed by atoms with Crippen LogP contribution in [0.3, 0.4) is 0 Å². The first kappa shape index (κ1) is 15.1. The first-order valence-corrected chi connectivity index (χ1v) is 6.54. The lowest BCUT2D eigenvalue weighted by atomic mass is 10.1. The maximum Gasteiger partial charge on any atom is 0.257 e. The second kappa shape index (κ2) is 6.01. The van der Waals surface area contributed by atoms with Gasteiger partial charge in [-0.05, 0) is 35.9 Å². The van der Waals surface area contributed by atoms with Crippen molar-refractivity contribution in [2.45, 2.75) is 6.54 Å². The van der Waals surface area contributed by atoms with Crippen molar-refractivity contribution in [3.05, 3.63) is 58.4 Å². The fraction of sp³-hybridized carbons (Fsp3) is 0.133. The molecule has 2 rings (SSSR count). The maximum atomic E-state index is 12.9. The molecule has 0 atom stereocenters. The van der Waals surface area contributed by atoms with Gasteiger partial charge in [0.2, 0.25) is 0 Å². The first-order chi connectivity index (χ1) is 9.88. The van der Waals surface area contributed by atoms with Gasteiger partial charge in [0.15, 0.2) is 0 Å². The molecule has 0 aromatic heterocycles. The summed E-state index contributed by atoms with van der Waals surface area (Å²) in [4.78, 5) is 13.6. The third-order valence-corrected chi connectivity index (χ3v) is 3.38. The van der Waals surface area contributed by atoms with Gasteiger partial charge in [0.05, 0.1) is 5.56 Å². The fourth-order valence-electron chi connectivity index (χ4n) is 1.93. The zero-order valence-electron chi connectivity index (χ0n) is 11.3. The second-order valence-electron chi connectivity index (χ2n) is 4.67. The van der Waals surface area contributed by atoms with Crippen LogP contribution in [-0.2, 0) is 6.54 Å². The number of hydrogen-bond acceptors (Lipinski definition) is 3. The predicted octanol–water partition coefficient (Wildman–Crippen LogP) is 3.04. The van der Waals surface area contributed by atoms with Crippen molar-refractivity contribution < 1.29 is 14.3 Å². The van der Waals surface area contributed by atoms with Crippen molar-refractivity contribution in [3.8, 4) is 5.75 Å². The van der Waals surface area contributed by atoms with E-state index in [1.165, 1.54) is 11.0 Å². The van der Waals surface area contributed by atoms with E-state index >= 15 is 0 Å². The van der Waals surface area contributed by atoms with E-state index in [0.29, 0.717) is 16.3 Å². The Hall–Kier alpha value is -2.27. The van der Waals surface area contributed by atoms with E-state index in [1.807, 2.05) is 0 Å². The molecule has 4 nitrogen and oxygen atoms in total. The summed E-state index contributed by atoms with van der Waals surface area (Å²) in [7, 11) is 1.56. The number of anilines is 1. The summed E-state index contributed by atoms with van der Waals surface area (Å²) in [6.45, 7) is 0.222. The Bertz CT molecular complexity index is 691. The number of phenols is 1. The fourth-order valence-corrected chi connectivity index (χ4v) is 2.11. The highest BCUT2D eigenvalue weighted by molar-refractivity contribution is 6.31. The lowest BCUT2D eigenvalue weighted by Crippen LogP contribution is -2.26. The van der Waals surface area contributed by atoms with Gasteiger partial charge in [-0.15, -0.1) is 0 Å². The highest BCUT2D eigenvalue weighted by Crippen LogP contribution is 2.23. The topological polar surface area (TPSA) is 66.6 Å². The summed E-state index contributed by atoms with van der Waals surface area (Å²) in [5, 5.41) is 10.1. The van der Waals surface area contributed by atoms with Gasteiger partial charge in [0.25, 0.3) is 5.91 Å². The van der Waals surface area contributed by atoms with Gasteiger partial charge < -0.3 is 15.7 Å². The Kier molecular flexibility index (Phi) is 4.33. The van der Waals surface area contributed by atoms with E-state index in [1.54, 1.807) is 25.2 Å². The standard InChI is InChI=1S/C15H14ClFN2O2/c1-19(8-9-6-11(18)3-5-13(9)16)15(21)12-4-2-10(17)7-14(12)20/h2-7,20H,8,18H2,1H3. The molecular formula is C15H14ClFN2O2.